The molecule has 1 aromatic rings. The minimum Gasteiger partial charge on any atom is -0.504 e. The van der Waals surface area contributed by atoms with E-state index < -0.39 is 0 Å². The lowest BCUT2D eigenvalue weighted by Crippen LogP contribution is -2.27. The highest BCUT2D eigenvalue weighted by Gasteiger charge is 2.30. The van der Waals surface area contributed by atoms with E-state index in [0.29, 0.717) is 33.5 Å². The van der Waals surface area contributed by atoms with Gasteiger partial charge in [0.2, 0.25) is 0 Å². The molecule has 0 aliphatic carbocycles. The van der Waals surface area contributed by atoms with Gasteiger partial charge in [-0.05, 0) is 37.1 Å². The van der Waals surface area contributed by atoms with Crippen LogP contribution in [-0.2, 0) is 11.2 Å². The van der Waals surface area contributed by atoms with Crippen LogP contribution >= 0.6 is 24.0 Å². The molecule has 116 valence electrons. The highest BCUT2D eigenvalue weighted by molar-refractivity contribution is 8.26. The van der Waals surface area contributed by atoms with Crippen molar-refractivity contribution in [3.63, 3.8) is 0 Å². The van der Waals surface area contributed by atoms with Crippen molar-refractivity contribution < 1.29 is 14.6 Å². The van der Waals surface area contributed by atoms with Crippen LogP contribution in [0.3, 0.4) is 0 Å². The van der Waals surface area contributed by atoms with E-state index in [9.17, 15) is 9.90 Å². The normalized spacial score (nSPS) is 16.5. The third-order valence-corrected chi connectivity index (χ3v) is 4.63. The fourth-order valence-corrected chi connectivity index (χ4v) is 3.55. The molecule has 0 bridgehead atoms. The van der Waals surface area contributed by atoms with Gasteiger partial charge in [0, 0.05) is 12.1 Å². The van der Waals surface area contributed by atoms with Crippen LogP contribution in [0.5, 0.6) is 11.5 Å². The van der Waals surface area contributed by atoms with E-state index >= 15 is 0 Å². The summed E-state index contributed by atoms with van der Waals surface area (Å²) in [6.07, 6.45) is 3.98. The summed E-state index contributed by atoms with van der Waals surface area (Å²) in [6, 6.07) is 3.51. The molecule has 0 atom stereocenters. The largest absolute Gasteiger partial charge is 0.504 e. The molecule has 0 saturated carbocycles. The Morgan fingerprint density at radius 1 is 1.50 bits per heavy atom. The third kappa shape index (κ3) is 3.18. The molecule has 2 rings (SSSR count). The Morgan fingerprint density at radius 2 is 2.23 bits per heavy atom. The van der Waals surface area contributed by atoms with Crippen molar-refractivity contribution in [1.82, 2.24) is 4.90 Å². The number of benzene rings is 1. The molecule has 1 N–H and O–H groups in total. The summed E-state index contributed by atoms with van der Waals surface area (Å²) in [6.45, 7) is 6.13. The Morgan fingerprint density at radius 3 is 2.77 bits per heavy atom. The molecule has 1 amide bonds. The van der Waals surface area contributed by atoms with Gasteiger partial charge in [0.05, 0.1) is 12.0 Å². The number of allylic oxidation sites excluding steroid dienone is 1. The highest BCUT2D eigenvalue weighted by Crippen LogP contribution is 2.36. The number of carbonyl (C=O) groups excluding carboxylic acids is 1. The number of phenolic OH excluding ortho intramolecular Hbond substituents is 1. The van der Waals surface area contributed by atoms with Gasteiger partial charge in [-0.3, -0.25) is 9.69 Å². The van der Waals surface area contributed by atoms with Crippen molar-refractivity contribution in [3.05, 3.63) is 40.8 Å². The van der Waals surface area contributed by atoms with Crippen molar-refractivity contribution in [2.24, 2.45) is 0 Å². The first kappa shape index (κ1) is 16.6. The van der Waals surface area contributed by atoms with Crippen molar-refractivity contribution >= 4 is 40.3 Å². The molecule has 0 aromatic heterocycles. The van der Waals surface area contributed by atoms with Crippen LogP contribution in [0.2, 0.25) is 0 Å². The van der Waals surface area contributed by atoms with Gasteiger partial charge < -0.3 is 9.84 Å². The van der Waals surface area contributed by atoms with E-state index in [-0.39, 0.29) is 11.7 Å². The fourth-order valence-electron chi connectivity index (χ4n) is 2.16. The van der Waals surface area contributed by atoms with Crippen molar-refractivity contribution in [3.8, 4) is 11.5 Å². The Bertz CT molecular complexity index is 668. The molecule has 1 aromatic carbocycles. The van der Waals surface area contributed by atoms with Gasteiger partial charge >= 0.3 is 0 Å². The second-order valence-electron chi connectivity index (χ2n) is 4.65. The Balaban J connectivity index is 2.43. The minimum absolute atomic E-state index is 0.0881. The number of ether oxygens (including phenoxy) is 1. The second kappa shape index (κ2) is 6.98. The summed E-state index contributed by atoms with van der Waals surface area (Å²) in [4.78, 5) is 14.4. The van der Waals surface area contributed by atoms with Gasteiger partial charge in [-0.1, -0.05) is 30.1 Å². The van der Waals surface area contributed by atoms with Crippen LogP contribution in [0.15, 0.2) is 29.7 Å². The zero-order chi connectivity index (χ0) is 16.3. The number of amides is 1. The maximum atomic E-state index is 12.2. The number of methoxy groups -OCH3 is 1. The predicted molar refractivity (Wildman–Crippen MR) is 94.1 cm³/mol. The van der Waals surface area contributed by atoms with E-state index in [1.165, 1.54) is 18.9 Å². The summed E-state index contributed by atoms with van der Waals surface area (Å²) < 4.78 is 5.75. The molecule has 0 unspecified atom stereocenters. The molecule has 0 spiro atoms. The monoisotopic (exact) mass is 335 g/mol. The molecule has 6 heteroatoms. The molecule has 1 aliphatic heterocycles. The SMILES string of the molecule is C=CCc1cc(/C=C2/SC(=S)N(CC)C2=O)cc(OC)c1O. The predicted octanol–water partition coefficient (Wildman–Crippen LogP) is 3.35. The Hall–Kier alpha value is -1.79. The van der Waals surface area contributed by atoms with Crippen LogP contribution in [0.1, 0.15) is 18.1 Å². The first-order valence-electron chi connectivity index (χ1n) is 6.78. The number of hydrogen-bond donors (Lipinski definition) is 1. The van der Waals surface area contributed by atoms with Gasteiger partial charge in [-0.25, -0.2) is 0 Å². The second-order valence-corrected chi connectivity index (χ2v) is 6.33. The lowest BCUT2D eigenvalue weighted by Gasteiger charge is -2.10. The summed E-state index contributed by atoms with van der Waals surface area (Å²) in [5, 5.41) is 10.1. The van der Waals surface area contributed by atoms with Crippen LogP contribution < -0.4 is 4.74 Å². The highest BCUT2D eigenvalue weighted by atomic mass is 32.2. The summed E-state index contributed by atoms with van der Waals surface area (Å²) in [5.74, 6) is 0.382. The molecule has 0 radical (unpaired) electrons. The maximum Gasteiger partial charge on any atom is 0.266 e. The van der Waals surface area contributed by atoms with Crippen molar-refractivity contribution in [2.45, 2.75) is 13.3 Å². The number of rotatable bonds is 5. The summed E-state index contributed by atoms with van der Waals surface area (Å²) in [7, 11) is 1.49. The molecular formula is C16H17NO3S2. The first-order valence-corrected chi connectivity index (χ1v) is 8.00. The number of thioether (sulfide) groups is 1. The van der Waals surface area contributed by atoms with Crippen molar-refractivity contribution in [2.75, 3.05) is 13.7 Å². The van der Waals surface area contributed by atoms with Gasteiger partial charge in [0.15, 0.2) is 11.5 Å². The summed E-state index contributed by atoms with van der Waals surface area (Å²) in [5.41, 5.74) is 1.48. The quantitative estimate of drug-likeness (QED) is 0.508. The number of aromatic hydroxyl groups is 1. The van der Waals surface area contributed by atoms with Crippen molar-refractivity contribution in [1.29, 1.82) is 0 Å². The zero-order valence-electron chi connectivity index (χ0n) is 12.5. The van der Waals surface area contributed by atoms with E-state index in [0.717, 1.165) is 5.56 Å². The van der Waals surface area contributed by atoms with Gasteiger partial charge in [-0.2, -0.15) is 0 Å². The molecule has 1 fully saturated rings. The molecule has 4 nitrogen and oxygen atoms in total. The number of carbonyl (C=O) groups is 1. The molecule has 1 heterocycles. The standard InChI is InChI=1S/C16H17NO3S2/c1-4-6-11-7-10(8-12(20-3)14(11)18)9-13-15(19)17(5-2)16(21)22-13/h4,7-9,18H,1,5-6H2,2-3H3/b13-9+. The number of phenols is 1. The average Bonchev–Trinajstić information content (AvgIpc) is 2.76. The lowest BCUT2D eigenvalue weighted by molar-refractivity contribution is -0.121. The Kier molecular flexibility index (Phi) is 5.26. The summed E-state index contributed by atoms with van der Waals surface area (Å²) >= 11 is 6.48. The zero-order valence-corrected chi connectivity index (χ0v) is 14.1. The topological polar surface area (TPSA) is 49.8 Å². The maximum absolute atomic E-state index is 12.2. The molecular weight excluding hydrogens is 318 g/mol. The minimum atomic E-state index is -0.0881. The first-order chi connectivity index (χ1) is 10.5. The Labute approximate surface area is 139 Å². The number of likely N-dealkylation sites (N-methyl/N-ethyl adjacent to an activating group) is 1. The lowest BCUT2D eigenvalue weighted by atomic mass is 10.1. The van der Waals surface area contributed by atoms with Crippen LogP contribution in [0.4, 0.5) is 0 Å². The smallest absolute Gasteiger partial charge is 0.266 e. The number of nitrogens with zero attached hydrogens (tertiary/aromatic N) is 1. The van der Waals surface area contributed by atoms with Crippen LogP contribution in [0.25, 0.3) is 6.08 Å². The van der Waals surface area contributed by atoms with E-state index in [1.54, 1.807) is 23.1 Å². The average molecular weight is 335 g/mol. The van der Waals surface area contributed by atoms with Crippen LogP contribution in [0, 0.1) is 0 Å². The molecule has 22 heavy (non-hydrogen) atoms. The van der Waals surface area contributed by atoms with Gasteiger partial charge in [-0.15, -0.1) is 6.58 Å². The molecule has 1 aliphatic rings. The van der Waals surface area contributed by atoms with E-state index in [4.69, 9.17) is 17.0 Å². The van der Waals surface area contributed by atoms with E-state index in [2.05, 4.69) is 6.58 Å². The van der Waals surface area contributed by atoms with Gasteiger partial charge in [0.1, 0.15) is 4.32 Å². The van der Waals surface area contributed by atoms with Gasteiger partial charge in [0.25, 0.3) is 5.91 Å². The fraction of sp³-hybridized carbons (Fsp3) is 0.250. The van der Waals surface area contributed by atoms with E-state index in [1.807, 2.05) is 13.0 Å². The molecule has 1 saturated heterocycles. The number of thiocarbonyl (C=S) groups is 1. The third-order valence-electron chi connectivity index (χ3n) is 3.25. The number of hydrogen-bond acceptors (Lipinski definition) is 5. The van der Waals surface area contributed by atoms with Crippen LogP contribution in [-0.4, -0.2) is 33.9 Å².